The number of amides is 1. The van der Waals surface area contributed by atoms with Crippen LogP contribution < -0.4 is 19.7 Å². The van der Waals surface area contributed by atoms with E-state index in [4.69, 9.17) is 4.74 Å². The van der Waals surface area contributed by atoms with Gasteiger partial charge in [-0.25, -0.2) is 0 Å². The first-order valence-electron chi connectivity index (χ1n) is 14.7. The van der Waals surface area contributed by atoms with Crippen molar-refractivity contribution in [1.82, 2.24) is 15.2 Å². The number of hydrogen-bond acceptors (Lipinski definition) is 7. The molecule has 5 rings (SSSR count). The molecular formula is C33H42N4O5S. The average Bonchev–Trinajstić information content (AvgIpc) is 3.54. The summed E-state index contributed by atoms with van der Waals surface area (Å²) in [5.41, 5.74) is 5.03. The second kappa shape index (κ2) is 13.4. The van der Waals surface area contributed by atoms with Crippen molar-refractivity contribution in [2.45, 2.75) is 44.9 Å². The van der Waals surface area contributed by atoms with E-state index in [-0.39, 0.29) is 12.5 Å². The quantitative estimate of drug-likeness (QED) is 0.152. The number of methoxy groups -OCH3 is 1. The number of aromatic nitrogens is 1. The Morgan fingerprint density at radius 2 is 1.84 bits per heavy atom. The molecule has 0 aliphatic carbocycles. The Balaban J connectivity index is 1.41. The lowest BCUT2D eigenvalue weighted by molar-refractivity contribution is 0.0830. The smallest absolute Gasteiger partial charge is 0.251 e. The van der Waals surface area contributed by atoms with Crippen LogP contribution >= 0.6 is 10.8 Å². The van der Waals surface area contributed by atoms with Gasteiger partial charge in [0.15, 0.2) is 0 Å². The molecule has 3 aromatic carbocycles. The summed E-state index contributed by atoms with van der Waals surface area (Å²) in [5, 5.41) is 18.6. The molecule has 1 saturated heterocycles. The Labute approximate surface area is 255 Å². The third-order valence-electron chi connectivity index (χ3n) is 8.08. The van der Waals surface area contributed by atoms with Gasteiger partial charge >= 0.3 is 0 Å². The van der Waals surface area contributed by atoms with E-state index in [1.165, 1.54) is 0 Å². The Hall–Kier alpha value is -3.54. The monoisotopic (exact) mass is 606 g/mol. The lowest BCUT2D eigenvalue weighted by Crippen LogP contribution is -2.48. The number of aliphatic hydroxyl groups is 1. The summed E-state index contributed by atoms with van der Waals surface area (Å²) in [5.74, 6) is 0.757. The summed E-state index contributed by atoms with van der Waals surface area (Å²) in [6, 6.07) is 20.6. The van der Waals surface area contributed by atoms with Gasteiger partial charge in [0.05, 0.1) is 36.2 Å². The number of fused-ring (bicyclic) bond motifs is 1. The summed E-state index contributed by atoms with van der Waals surface area (Å²) in [4.78, 5) is 13.9. The molecule has 0 saturated carbocycles. The van der Waals surface area contributed by atoms with Crippen molar-refractivity contribution in [2.24, 2.45) is 7.05 Å². The van der Waals surface area contributed by atoms with Crippen LogP contribution in [-0.2, 0) is 26.4 Å². The highest BCUT2D eigenvalue weighted by molar-refractivity contribution is 8.25. The minimum absolute atomic E-state index is 0.270. The highest BCUT2D eigenvalue weighted by Gasteiger charge is 2.32. The van der Waals surface area contributed by atoms with Crippen LogP contribution in [0, 0.1) is 0 Å². The van der Waals surface area contributed by atoms with Gasteiger partial charge in [0.2, 0.25) is 0 Å². The summed E-state index contributed by atoms with van der Waals surface area (Å²) in [6.07, 6.45) is 3.05. The van der Waals surface area contributed by atoms with Crippen molar-refractivity contribution in [3.8, 4) is 5.75 Å². The largest absolute Gasteiger partial charge is 0.497 e. The Morgan fingerprint density at radius 3 is 2.53 bits per heavy atom. The molecule has 0 bridgehead atoms. The molecule has 230 valence electrons. The number of carbonyl (C=O) groups is 1. The molecule has 10 heteroatoms. The second-order valence-electron chi connectivity index (χ2n) is 11.1. The topological polar surface area (TPSA) is 119 Å². The number of benzene rings is 3. The Kier molecular flexibility index (Phi) is 9.63. The van der Waals surface area contributed by atoms with Crippen LogP contribution in [0.2, 0.25) is 0 Å². The number of aliphatic hydroxyl groups excluding tert-OH is 1. The lowest BCUT2D eigenvalue weighted by atomic mass is 9.99. The standard InChI is InChI=1S/C33H42N4O5S/c1-4-25-22-36(2)32-28(25)18-26(19-30(32)37-14-9-15-43(37,40)41)33(39)35-29(17-23-10-6-5-7-11-23)31(38)21-34-20-24-12-8-13-27(16-24)42-3/h5-8,10-13,16,18-19,22,29,31,34,38,40-41H,4,9,14-15,17,20-21H2,1-3H3,(H,35,39)/t29-,31-/m0/s1. The average molecular weight is 607 g/mol. The van der Waals surface area contributed by atoms with Gasteiger partial charge in [-0.2, -0.15) is 0 Å². The van der Waals surface area contributed by atoms with Gasteiger partial charge in [-0.15, -0.1) is 10.8 Å². The highest BCUT2D eigenvalue weighted by atomic mass is 32.3. The maximum Gasteiger partial charge on any atom is 0.251 e. The maximum atomic E-state index is 13.9. The molecule has 0 radical (unpaired) electrons. The van der Waals surface area contributed by atoms with Crippen LogP contribution in [0.5, 0.6) is 5.75 Å². The third-order valence-corrected chi connectivity index (χ3v) is 10.00. The molecule has 1 fully saturated rings. The molecule has 9 nitrogen and oxygen atoms in total. The van der Waals surface area contributed by atoms with E-state index in [9.17, 15) is 19.0 Å². The van der Waals surface area contributed by atoms with E-state index in [1.54, 1.807) is 17.5 Å². The van der Waals surface area contributed by atoms with Crippen LogP contribution in [0.1, 0.15) is 40.4 Å². The lowest BCUT2D eigenvalue weighted by Gasteiger charge is -2.38. The Bertz CT molecular complexity index is 1560. The number of rotatable bonds is 12. The van der Waals surface area contributed by atoms with Crippen LogP contribution in [0.4, 0.5) is 5.69 Å². The van der Waals surface area contributed by atoms with E-state index < -0.39 is 22.9 Å². The zero-order chi connectivity index (χ0) is 30.6. The molecule has 0 spiro atoms. The van der Waals surface area contributed by atoms with Gasteiger partial charge in [-0.1, -0.05) is 49.4 Å². The van der Waals surface area contributed by atoms with Gasteiger partial charge in [-0.3, -0.25) is 18.2 Å². The van der Waals surface area contributed by atoms with Crippen molar-refractivity contribution in [3.05, 3.63) is 95.2 Å². The molecule has 1 aromatic heterocycles. The fraction of sp³-hybridized carbons (Fsp3) is 0.364. The van der Waals surface area contributed by atoms with E-state index in [2.05, 4.69) is 17.6 Å². The van der Waals surface area contributed by atoms with E-state index in [0.29, 0.717) is 42.9 Å². The highest BCUT2D eigenvalue weighted by Crippen LogP contribution is 2.52. The van der Waals surface area contributed by atoms with E-state index in [0.717, 1.165) is 39.8 Å². The molecule has 2 atom stereocenters. The predicted molar refractivity (Wildman–Crippen MR) is 174 cm³/mol. The zero-order valence-corrected chi connectivity index (χ0v) is 25.8. The van der Waals surface area contributed by atoms with Gasteiger partial charge in [0, 0.05) is 43.8 Å². The maximum absolute atomic E-state index is 13.9. The minimum Gasteiger partial charge on any atom is -0.497 e. The van der Waals surface area contributed by atoms with Crippen LogP contribution in [-0.4, -0.2) is 62.8 Å². The minimum atomic E-state index is -2.97. The van der Waals surface area contributed by atoms with Crippen LogP contribution in [0.25, 0.3) is 10.9 Å². The van der Waals surface area contributed by atoms with Gasteiger partial charge < -0.3 is 25.0 Å². The summed E-state index contributed by atoms with van der Waals surface area (Å²) < 4.78 is 30.6. The molecule has 4 aromatic rings. The van der Waals surface area contributed by atoms with Crippen molar-refractivity contribution in [2.75, 3.05) is 30.3 Å². The molecule has 43 heavy (non-hydrogen) atoms. The molecule has 1 aliphatic rings. The van der Waals surface area contributed by atoms with Crippen molar-refractivity contribution in [3.63, 3.8) is 0 Å². The number of nitrogens with zero attached hydrogens (tertiary/aromatic N) is 2. The first-order chi connectivity index (χ1) is 20.7. The van der Waals surface area contributed by atoms with Crippen molar-refractivity contribution in [1.29, 1.82) is 0 Å². The normalized spacial score (nSPS) is 16.7. The molecule has 1 aliphatic heterocycles. The van der Waals surface area contributed by atoms with Gasteiger partial charge in [-0.05, 0) is 60.2 Å². The fourth-order valence-electron chi connectivity index (χ4n) is 5.83. The number of hydrogen-bond donors (Lipinski definition) is 5. The molecule has 0 unspecified atom stereocenters. The van der Waals surface area contributed by atoms with Gasteiger partial charge in [0.25, 0.3) is 5.91 Å². The number of ether oxygens (including phenoxy) is 1. The second-order valence-corrected chi connectivity index (χ2v) is 13.2. The first-order valence-corrected chi connectivity index (χ1v) is 16.4. The third kappa shape index (κ3) is 7.00. The first kappa shape index (κ1) is 30.9. The summed E-state index contributed by atoms with van der Waals surface area (Å²) >= 11 is 0. The van der Waals surface area contributed by atoms with Gasteiger partial charge in [0.1, 0.15) is 5.75 Å². The van der Waals surface area contributed by atoms with Crippen LogP contribution in [0.15, 0.2) is 72.9 Å². The summed E-state index contributed by atoms with van der Waals surface area (Å²) in [6.45, 7) is 3.38. The fourth-order valence-corrected chi connectivity index (χ4v) is 7.45. The number of anilines is 1. The SMILES string of the molecule is CCc1cn(C)c2c(N3CCCS3(O)O)cc(C(=O)N[C@@H](Cc3ccccc3)[C@@H](O)CNCc3cccc(OC)c3)cc12. The number of nitrogens with one attached hydrogen (secondary N) is 2. The molecule has 5 N–H and O–H groups in total. The van der Waals surface area contributed by atoms with Crippen LogP contribution in [0.3, 0.4) is 0 Å². The predicted octanol–water partition coefficient (Wildman–Crippen LogP) is 5.12. The summed E-state index contributed by atoms with van der Waals surface area (Å²) in [7, 11) is 0.601. The Morgan fingerprint density at radius 1 is 1.07 bits per heavy atom. The van der Waals surface area contributed by atoms with Crippen molar-refractivity contribution < 1.29 is 23.7 Å². The van der Waals surface area contributed by atoms with Crippen molar-refractivity contribution >= 4 is 33.3 Å². The van der Waals surface area contributed by atoms with E-state index >= 15 is 0 Å². The van der Waals surface area contributed by atoms with E-state index in [1.807, 2.05) is 78.5 Å². The number of carbonyl (C=O) groups excluding carboxylic acids is 1. The molecule has 1 amide bonds. The number of aryl methyl sites for hydroxylation is 2. The molecule has 2 heterocycles. The molecular weight excluding hydrogens is 564 g/mol. The zero-order valence-electron chi connectivity index (χ0n) is 25.0.